The van der Waals surface area contributed by atoms with E-state index in [1.165, 1.54) is 35.2 Å². The molecule has 0 saturated heterocycles. The molecule has 0 fully saturated rings. The molecule has 20 heavy (non-hydrogen) atoms. The maximum Gasteiger partial charge on any atom is 0.135 e. The molecule has 0 amide bonds. The fourth-order valence-electron chi connectivity index (χ4n) is 1.39. The largest absolute Gasteiger partial charge is 0.237 e. The molecule has 0 aliphatic carbocycles. The molecule has 1 N–H and O–H groups in total. The van der Waals surface area contributed by atoms with Crippen molar-refractivity contribution in [2.75, 3.05) is 6.54 Å². The van der Waals surface area contributed by atoms with Crippen molar-refractivity contribution in [3.05, 3.63) is 54.4 Å². The normalized spacial score (nSPS) is 12.9. The van der Waals surface area contributed by atoms with E-state index in [-0.39, 0.29) is 5.82 Å². The van der Waals surface area contributed by atoms with Gasteiger partial charge in [-0.15, -0.1) is 11.3 Å². The van der Waals surface area contributed by atoms with Crippen LogP contribution < -0.4 is 4.72 Å². The number of thiophene rings is 1. The van der Waals surface area contributed by atoms with Gasteiger partial charge in [0.05, 0.1) is 4.21 Å². The highest BCUT2D eigenvalue weighted by atomic mass is 32.2. The minimum absolute atomic E-state index is 0.240. The van der Waals surface area contributed by atoms with Crippen molar-refractivity contribution in [3.8, 4) is 0 Å². The first-order chi connectivity index (χ1) is 9.69. The Bertz CT molecular complexity index is 607. The van der Waals surface area contributed by atoms with Gasteiger partial charge in [0.25, 0.3) is 0 Å². The Morgan fingerprint density at radius 2 is 2.05 bits per heavy atom. The van der Waals surface area contributed by atoms with E-state index in [0.717, 1.165) is 13.3 Å². The number of hydrogen-bond donors (Lipinski definition) is 1. The predicted octanol–water partition coefficient (Wildman–Crippen LogP) is 4.23. The number of rotatable bonds is 6. The highest BCUT2D eigenvalue weighted by Crippen LogP contribution is 2.34. The molecule has 0 aliphatic heterocycles. The van der Waals surface area contributed by atoms with E-state index in [1.54, 1.807) is 12.1 Å². The molecule has 2 nitrogen and oxygen atoms in total. The Labute approximate surface area is 128 Å². The lowest BCUT2D eigenvalue weighted by molar-refractivity contribution is 0.626. The van der Waals surface area contributed by atoms with E-state index < -0.39 is 11.0 Å². The summed E-state index contributed by atoms with van der Waals surface area (Å²) in [5, 5.41) is 0. The molecule has 106 valence electrons. The van der Waals surface area contributed by atoms with Gasteiger partial charge in [0.1, 0.15) is 21.0 Å². The van der Waals surface area contributed by atoms with Gasteiger partial charge in [0.2, 0.25) is 0 Å². The van der Waals surface area contributed by atoms with Gasteiger partial charge in [0, 0.05) is 11.4 Å². The average molecular weight is 327 g/mol. The number of allylic oxidation sites excluding steroid dienone is 1. The zero-order chi connectivity index (χ0) is 14.4. The molecule has 1 unspecified atom stereocenters. The van der Waals surface area contributed by atoms with Gasteiger partial charge in [-0.1, -0.05) is 23.9 Å². The van der Waals surface area contributed by atoms with Crippen molar-refractivity contribution >= 4 is 34.1 Å². The van der Waals surface area contributed by atoms with E-state index >= 15 is 0 Å². The molecule has 0 radical (unpaired) electrons. The monoisotopic (exact) mass is 327 g/mol. The number of hydrogen-bond acceptors (Lipinski definition) is 3. The molecule has 6 heteroatoms. The van der Waals surface area contributed by atoms with Crippen molar-refractivity contribution in [3.63, 3.8) is 0 Å². The summed E-state index contributed by atoms with van der Waals surface area (Å²) >= 11 is 3.02. The summed E-state index contributed by atoms with van der Waals surface area (Å²) in [5.41, 5.74) is 0. The Morgan fingerprint density at radius 1 is 1.30 bits per heavy atom. The molecular formula is C14H14FNOS3. The maximum atomic E-state index is 12.8. The van der Waals surface area contributed by atoms with Crippen LogP contribution in [0.25, 0.3) is 0 Å². The summed E-state index contributed by atoms with van der Waals surface area (Å²) < 4.78 is 29.5. The standard InChI is InChI=1S/C14H14FNOS3/c1-2-3-10-16-20(17)14-9-8-13(19-14)18-12-6-4-11(15)5-7-12/h2-9,16H,10H2,1H3/b3-2-. The van der Waals surface area contributed by atoms with Crippen LogP contribution in [-0.2, 0) is 11.0 Å². The quantitative estimate of drug-likeness (QED) is 0.805. The van der Waals surface area contributed by atoms with E-state index in [9.17, 15) is 8.60 Å². The first-order valence-corrected chi connectivity index (χ1v) is 8.77. The third-order valence-electron chi connectivity index (χ3n) is 2.34. The molecule has 0 saturated carbocycles. The third-order valence-corrected chi connectivity index (χ3v) is 5.99. The lowest BCUT2D eigenvalue weighted by Crippen LogP contribution is -2.15. The van der Waals surface area contributed by atoms with E-state index in [1.807, 2.05) is 31.2 Å². The molecule has 1 aromatic carbocycles. The van der Waals surface area contributed by atoms with Crippen LogP contribution >= 0.6 is 23.1 Å². The minimum atomic E-state index is -1.18. The molecule has 2 aromatic rings. The Hall–Kier alpha value is -0.950. The van der Waals surface area contributed by atoms with Gasteiger partial charge in [-0.05, 0) is 43.3 Å². The van der Waals surface area contributed by atoms with Crippen LogP contribution in [-0.4, -0.2) is 10.8 Å². The Kier molecular flexibility index (Phi) is 5.97. The van der Waals surface area contributed by atoms with E-state index in [2.05, 4.69) is 4.72 Å². The molecule has 1 heterocycles. The lowest BCUT2D eigenvalue weighted by atomic mass is 10.4. The van der Waals surface area contributed by atoms with Crippen LogP contribution in [0.15, 0.2) is 61.9 Å². The van der Waals surface area contributed by atoms with Crippen molar-refractivity contribution in [1.82, 2.24) is 4.72 Å². The summed E-state index contributed by atoms with van der Waals surface area (Å²) in [6.07, 6.45) is 3.83. The predicted molar refractivity (Wildman–Crippen MR) is 84.1 cm³/mol. The number of benzene rings is 1. The second kappa shape index (κ2) is 7.73. The zero-order valence-electron chi connectivity index (χ0n) is 10.8. The van der Waals surface area contributed by atoms with Crippen LogP contribution in [0.1, 0.15) is 6.92 Å². The molecule has 0 spiro atoms. The van der Waals surface area contributed by atoms with Crippen LogP contribution in [0.5, 0.6) is 0 Å². The van der Waals surface area contributed by atoms with Gasteiger partial charge in [-0.2, -0.15) is 0 Å². The van der Waals surface area contributed by atoms with Crippen molar-refractivity contribution < 1.29 is 8.60 Å². The molecule has 0 aliphatic rings. The van der Waals surface area contributed by atoms with Crippen LogP contribution in [0.3, 0.4) is 0 Å². The molecule has 0 bridgehead atoms. The molecule has 1 atom stereocenters. The second-order valence-electron chi connectivity index (χ2n) is 3.82. The smallest absolute Gasteiger partial charge is 0.135 e. The van der Waals surface area contributed by atoms with Gasteiger partial charge >= 0.3 is 0 Å². The topological polar surface area (TPSA) is 29.1 Å². The lowest BCUT2D eigenvalue weighted by Gasteiger charge is -1.99. The van der Waals surface area contributed by atoms with Gasteiger partial charge in [-0.25, -0.2) is 13.3 Å². The first-order valence-electron chi connectivity index (χ1n) is 5.98. The first kappa shape index (κ1) is 15.4. The molecule has 1 aromatic heterocycles. The minimum Gasteiger partial charge on any atom is -0.237 e. The Morgan fingerprint density at radius 3 is 2.75 bits per heavy atom. The molecule has 2 rings (SSSR count). The summed E-state index contributed by atoms with van der Waals surface area (Å²) in [6, 6.07) is 10.1. The van der Waals surface area contributed by atoms with Crippen molar-refractivity contribution in [2.45, 2.75) is 20.2 Å². The zero-order valence-corrected chi connectivity index (χ0v) is 13.3. The summed E-state index contributed by atoms with van der Waals surface area (Å²) in [5.74, 6) is -0.240. The van der Waals surface area contributed by atoms with Gasteiger partial charge < -0.3 is 0 Å². The summed E-state index contributed by atoms with van der Waals surface area (Å²) in [7, 11) is -1.18. The highest BCUT2D eigenvalue weighted by Gasteiger charge is 2.08. The summed E-state index contributed by atoms with van der Waals surface area (Å²) in [6.45, 7) is 2.51. The second-order valence-corrected chi connectivity index (χ2v) is 7.80. The van der Waals surface area contributed by atoms with Crippen LogP contribution in [0.2, 0.25) is 0 Å². The SMILES string of the molecule is C/C=C\CNS(=O)c1ccc(Sc2ccc(F)cc2)s1. The maximum absolute atomic E-state index is 12.8. The Balaban J connectivity index is 1.98. The van der Waals surface area contributed by atoms with Crippen molar-refractivity contribution in [1.29, 1.82) is 0 Å². The fourth-order valence-corrected chi connectivity index (χ4v) is 4.71. The average Bonchev–Trinajstić information content (AvgIpc) is 2.90. The number of nitrogens with one attached hydrogen (secondary N) is 1. The fraction of sp³-hybridized carbons (Fsp3) is 0.143. The summed E-state index contributed by atoms with van der Waals surface area (Å²) in [4.78, 5) is 0.965. The van der Waals surface area contributed by atoms with E-state index in [0.29, 0.717) is 6.54 Å². The van der Waals surface area contributed by atoms with Gasteiger partial charge in [0.15, 0.2) is 0 Å². The highest BCUT2D eigenvalue weighted by molar-refractivity contribution is 8.01. The third kappa shape index (κ3) is 4.56. The van der Waals surface area contributed by atoms with Crippen LogP contribution in [0, 0.1) is 5.82 Å². The van der Waals surface area contributed by atoms with E-state index in [4.69, 9.17) is 0 Å². The molecular weight excluding hydrogens is 313 g/mol. The van der Waals surface area contributed by atoms with Crippen LogP contribution in [0.4, 0.5) is 4.39 Å². The van der Waals surface area contributed by atoms with Gasteiger partial charge in [-0.3, -0.25) is 0 Å². The van der Waals surface area contributed by atoms with Crippen molar-refractivity contribution in [2.24, 2.45) is 0 Å². The number of halogens is 1.